The SMILES string of the molecule is CC1(C)c2cc(-c3ccc4ccccc4c3)ccc2-c2ccc(-n3c4ccccc4c4c5c6ccccc6c(-c6ccccc6)cc5c5ccccc5c43)cc21.CC1(C)c2cc(-c3cccc4ccccc34)ccc2-c2ccc(-n3c4ccccc4c4c5c6ccccc6c(-c6ccccc6)cc5c5ccccc5c43)cc21. The third-order valence-electron chi connectivity index (χ3n) is 25.5. The zero-order valence-electron chi connectivity index (χ0n) is 62.7. The van der Waals surface area contributed by atoms with Crippen molar-refractivity contribution in [2.24, 2.45) is 0 Å². The molecule has 2 aliphatic rings. The number of aromatic nitrogens is 2. The van der Waals surface area contributed by atoms with Gasteiger partial charge in [-0.3, -0.25) is 0 Å². The molecule has 24 rings (SSSR count). The van der Waals surface area contributed by atoms with Gasteiger partial charge in [-0.2, -0.15) is 0 Å². The molecule has 0 saturated carbocycles. The van der Waals surface area contributed by atoms with Crippen LogP contribution in [-0.4, -0.2) is 9.13 Å². The van der Waals surface area contributed by atoms with Crippen LogP contribution in [-0.2, 0) is 10.8 Å². The van der Waals surface area contributed by atoms with E-state index in [1.807, 2.05) is 0 Å². The Labute approximate surface area is 649 Å². The topological polar surface area (TPSA) is 9.86 Å². The first-order valence-electron chi connectivity index (χ1n) is 39.4. The van der Waals surface area contributed by atoms with Gasteiger partial charge in [0, 0.05) is 65.3 Å². The van der Waals surface area contributed by atoms with Gasteiger partial charge in [0.15, 0.2) is 0 Å². The van der Waals surface area contributed by atoms with Crippen LogP contribution in [0.3, 0.4) is 0 Å². The molecule has 2 aromatic heterocycles. The van der Waals surface area contributed by atoms with E-state index in [4.69, 9.17) is 0 Å². The maximum absolute atomic E-state index is 2.55. The van der Waals surface area contributed by atoms with Crippen molar-refractivity contribution in [3.05, 3.63) is 398 Å². The Morgan fingerprint density at radius 2 is 0.536 bits per heavy atom. The van der Waals surface area contributed by atoms with E-state index in [9.17, 15) is 0 Å². The second-order valence-electron chi connectivity index (χ2n) is 32.1. The van der Waals surface area contributed by atoms with Gasteiger partial charge in [0.2, 0.25) is 0 Å². The van der Waals surface area contributed by atoms with E-state index in [0.717, 1.165) is 0 Å². The summed E-state index contributed by atoms with van der Waals surface area (Å²) in [5.41, 5.74) is 27.9. The van der Waals surface area contributed by atoms with Crippen molar-refractivity contribution in [3.63, 3.8) is 0 Å². The largest absolute Gasteiger partial charge is 0.309 e. The van der Waals surface area contributed by atoms with Crippen molar-refractivity contribution < 1.29 is 0 Å². The van der Waals surface area contributed by atoms with Crippen molar-refractivity contribution in [3.8, 4) is 78.1 Å². The lowest BCUT2D eigenvalue weighted by molar-refractivity contribution is 0.660. The van der Waals surface area contributed by atoms with E-state index >= 15 is 0 Å². The van der Waals surface area contributed by atoms with E-state index in [2.05, 4.69) is 413 Å². The third kappa shape index (κ3) is 9.33. The third-order valence-corrected chi connectivity index (χ3v) is 25.5. The molecule has 0 unspecified atom stereocenters. The molecule has 0 fully saturated rings. The molecule has 0 saturated heterocycles. The summed E-state index contributed by atoms with van der Waals surface area (Å²) < 4.78 is 5.10. The van der Waals surface area contributed by atoms with Crippen LogP contribution in [0.2, 0.25) is 0 Å². The minimum absolute atomic E-state index is 0.175. The maximum Gasteiger partial charge on any atom is 0.0626 e. The van der Waals surface area contributed by atoms with Gasteiger partial charge in [0.1, 0.15) is 0 Å². The molecular weight excluding hydrogens is 1350 g/mol. The number of hydrogen-bond acceptors (Lipinski definition) is 0. The molecule has 20 aromatic carbocycles. The van der Waals surface area contributed by atoms with Gasteiger partial charge in [-0.1, -0.05) is 337 Å². The highest BCUT2D eigenvalue weighted by Crippen LogP contribution is 2.56. The molecule has 112 heavy (non-hydrogen) atoms. The number of rotatable bonds is 6. The van der Waals surface area contributed by atoms with Crippen LogP contribution in [0.15, 0.2) is 376 Å². The monoisotopic (exact) mass is 1420 g/mol. The Morgan fingerprint density at radius 1 is 0.179 bits per heavy atom. The van der Waals surface area contributed by atoms with Crippen molar-refractivity contribution in [1.82, 2.24) is 9.13 Å². The van der Waals surface area contributed by atoms with Gasteiger partial charge in [-0.25, -0.2) is 0 Å². The summed E-state index contributed by atoms with van der Waals surface area (Å²) in [4.78, 5) is 0. The molecule has 0 atom stereocenters. The van der Waals surface area contributed by atoms with E-state index in [1.165, 1.54) is 230 Å². The number of benzene rings is 20. The van der Waals surface area contributed by atoms with E-state index < -0.39 is 0 Å². The lowest BCUT2D eigenvalue weighted by Gasteiger charge is -2.23. The van der Waals surface area contributed by atoms with Gasteiger partial charge in [0.05, 0.1) is 22.1 Å². The molecule has 0 bridgehead atoms. The van der Waals surface area contributed by atoms with Crippen LogP contribution < -0.4 is 0 Å². The normalized spacial score (nSPS) is 13.3. The first-order chi connectivity index (χ1) is 55.1. The van der Waals surface area contributed by atoms with Crippen LogP contribution >= 0.6 is 0 Å². The second-order valence-corrected chi connectivity index (χ2v) is 32.1. The minimum Gasteiger partial charge on any atom is -0.309 e. The standard InChI is InChI=1S/2C55H37N/c1-55(2)49-31-36(39-25-14-18-34-17-6-7-19-38(34)39)27-29-42(49)43-30-28-37(32-50(43)55)56-51-26-13-12-24-46(51)53-52-44-22-10-8-20-40(44)47(35-15-4-3-5-16-35)33-48(52)41-21-9-11-23-45(41)54(53)56;1-55(2)49-31-38(37-25-24-34-14-6-7-17-36(34)30-37)26-28-42(49)43-29-27-39(32-50(43)55)56-51-23-13-12-22-46(51)53-52-44-20-10-8-18-40(44)47(35-15-4-3-5-16-35)33-48(52)41-19-9-11-21-45(41)54(53)56/h2*3-33H,1-2H3. The number of fused-ring (bicyclic) bond motifs is 28. The van der Waals surface area contributed by atoms with Gasteiger partial charge in [-0.05, 0) is 220 Å². The van der Waals surface area contributed by atoms with Crippen LogP contribution in [0.4, 0.5) is 0 Å². The molecular formula is C110H74N2. The first-order valence-corrected chi connectivity index (χ1v) is 39.4. The van der Waals surface area contributed by atoms with Crippen molar-refractivity contribution in [2.75, 3.05) is 0 Å². The molecule has 0 aliphatic heterocycles. The highest BCUT2D eigenvalue weighted by molar-refractivity contribution is 6.40. The Morgan fingerprint density at radius 3 is 1.04 bits per heavy atom. The zero-order valence-corrected chi connectivity index (χ0v) is 62.7. The van der Waals surface area contributed by atoms with Crippen molar-refractivity contribution in [2.45, 2.75) is 38.5 Å². The number of hydrogen-bond donors (Lipinski definition) is 0. The summed E-state index contributed by atoms with van der Waals surface area (Å²) in [6.45, 7) is 9.60. The molecule has 0 amide bonds. The predicted octanol–water partition coefficient (Wildman–Crippen LogP) is 30.1. The fraction of sp³-hybridized carbons (Fsp3) is 0.0545. The summed E-state index contributed by atoms with van der Waals surface area (Å²) in [5.74, 6) is 0. The Hall–Kier alpha value is -13.9. The summed E-state index contributed by atoms with van der Waals surface area (Å²) in [6, 6.07) is 140. The molecule has 0 N–H and O–H groups in total. The van der Waals surface area contributed by atoms with Gasteiger partial charge < -0.3 is 9.13 Å². The molecule has 2 aliphatic carbocycles. The van der Waals surface area contributed by atoms with Crippen molar-refractivity contribution in [1.29, 1.82) is 0 Å². The highest BCUT2D eigenvalue weighted by Gasteiger charge is 2.39. The molecule has 22 aromatic rings. The fourth-order valence-electron chi connectivity index (χ4n) is 20.2. The van der Waals surface area contributed by atoms with Gasteiger partial charge >= 0.3 is 0 Å². The van der Waals surface area contributed by atoms with E-state index in [0.29, 0.717) is 0 Å². The number of para-hydroxylation sites is 2. The van der Waals surface area contributed by atoms with E-state index in [-0.39, 0.29) is 10.8 Å². The lowest BCUT2D eigenvalue weighted by atomic mass is 9.81. The lowest BCUT2D eigenvalue weighted by Crippen LogP contribution is -2.15. The van der Waals surface area contributed by atoms with Crippen LogP contribution in [0.5, 0.6) is 0 Å². The van der Waals surface area contributed by atoms with Crippen LogP contribution in [0.25, 0.3) is 208 Å². The van der Waals surface area contributed by atoms with E-state index in [1.54, 1.807) is 0 Å². The Balaban J connectivity index is 0.000000134. The van der Waals surface area contributed by atoms with Crippen LogP contribution in [0.1, 0.15) is 49.9 Å². The number of nitrogens with zero attached hydrogens (tertiary/aromatic N) is 2. The molecule has 0 radical (unpaired) electrons. The second kappa shape index (κ2) is 24.3. The first kappa shape index (κ1) is 64.1. The quantitative estimate of drug-likeness (QED) is 0.147. The molecule has 2 heterocycles. The molecule has 0 spiro atoms. The maximum atomic E-state index is 2.55. The average molecular weight is 1420 g/mol. The van der Waals surface area contributed by atoms with Gasteiger partial charge in [-0.15, -0.1) is 0 Å². The summed E-state index contributed by atoms with van der Waals surface area (Å²) in [5, 5.41) is 25.7. The zero-order chi connectivity index (χ0) is 74.2. The minimum atomic E-state index is -0.182. The fourth-order valence-corrected chi connectivity index (χ4v) is 20.2. The Kier molecular flexibility index (Phi) is 13.9. The molecule has 524 valence electrons. The molecule has 2 heteroatoms. The predicted molar refractivity (Wildman–Crippen MR) is 478 cm³/mol. The molecule has 2 nitrogen and oxygen atoms in total. The van der Waals surface area contributed by atoms with Crippen molar-refractivity contribution >= 4 is 130 Å². The average Bonchev–Trinajstić information content (AvgIpc) is 1.49. The summed E-state index contributed by atoms with van der Waals surface area (Å²) in [6.07, 6.45) is 0. The van der Waals surface area contributed by atoms with Gasteiger partial charge in [0.25, 0.3) is 0 Å². The summed E-state index contributed by atoms with van der Waals surface area (Å²) in [7, 11) is 0. The highest BCUT2D eigenvalue weighted by atomic mass is 15.0. The summed E-state index contributed by atoms with van der Waals surface area (Å²) >= 11 is 0. The Bertz CT molecular complexity index is 7780. The van der Waals surface area contributed by atoms with Crippen LogP contribution in [0, 0.1) is 0 Å². The smallest absolute Gasteiger partial charge is 0.0626 e.